The van der Waals surface area contributed by atoms with Gasteiger partial charge in [0.05, 0.1) is 0 Å². The second kappa shape index (κ2) is 25.0. The number of hydrogen-bond acceptors (Lipinski definition) is 0. The lowest BCUT2D eigenvalue weighted by molar-refractivity contribution is 0.327. The Balaban J connectivity index is 0.000000371. The minimum Gasteiger partial charge on any atom is -0.0998 e. The van der Waals surface area contributed by atoms with E-state index in [9.17, 15) is 0 Å². The van der Waals surface area contributed by atoms with Crippen LogP contribution in [0, 0.1) is 53.3 Å². The molecule has 2 heteroatoms. The molecule has 0 radical (unpaired) electrons. The Morgan fingerprint density at radius 1 is 0.580 bits per heavy atom. The SMILES string of the molecule is C=C(C)C1CC=C(C)CC1.CC(C)[CH2][AlH][CH2]C(C)C.CC1=CCC(C(C)[CH2][Al]([CH2]C(C)C2CC=C(C)CC2)[CH2]C(C)C2CC=C(C)CC2)CC1. The van der Waals surface area contributed by atoms with Crippen molar-refractivity contribution < 1.29 is 0 Å². The molecule has 0 aromatic heterocycles. The Morgan fingerprint density at radius 3 is 1.14 bits per heavy atom. The van der Waals surface area contributed by atoms with E-state index in [1.54, 1.807) is 38.1 Å². The molecule has 7 atom stereocenters. The van der Waals surface area contributed by atoms with Gasteiger partial charge in [-0.25, -0.2) is 0 Å². The van der Waals surface area contributed by atoms with E-state index in [0.29, 0.717) is 15.2 Å². The maximum absolute atomic E-state index is 3.97. The van der Waals surface area contributed by atoms with E-state index in [2.05, 4.69) is 114 Å². The van der Waals surface area contributed by atoms with Crippen LogP contribution >= 0.6 is 0 Å². The maximum atomic E-state index is 3.97. The van der Waals surface area contributed by atoms with Gasteiger partial charge in [0.2, 0.25) is 15.2 Å². The molecular weight excluding hydrogens is 630 g/mol. The van der Waals surface area contributed by atoms with Gasteiger partial charge in [-0.2, -0.15) is 0 Å². The summed E-state index contributed by atoms with van der Waals surface area (Å²) >= 11 is -0.413. The van der Waals surface area contributed by atoms with Gasteiger partial charge in [-0.1, -0.05) is 163 Å². The molecule has 50 heavy (non-hydrogen) atoms. The van der Waals surface area contributed by atoms with Crippen molar-refractivity contribution >= 4 is 29.4 Å². The van der Waals surface area contributed by atoms with Crippen molar-refractivity contribution in [3.8, 4) is 0 Å². The Bertz CT molecular complexity index is 987. The van der Waals surface area contributed by atoms with Crippen LogP contribution in [0.1, 0.15) is 160 Å². The molecule has 4 rings (SSSR count). The first-order valence-corrected chi connectivity index (χ1v) is 26.4. The summed E-state index contributed by atoms with van der Waals surface area (Å²) in [6.07, 6.45) is 26.3. The van der Waals surface area contributed by atoms with Crippen LogP contribution in [0.15, 0.2) is 58.7 Å². The minimum atomic E-state index is -0.729. The lowest BCUT2D eigenvalue weighted by atomic mass is 9.82. The molecule has 0 fully saturated rings. The van der Waals surface area contributed by atoms with Gasteiger partial charge in [0.1, 0.15) is 0 Å². The van der Waals surface area contributed by atoms with Crippen LogP contribution in [-0.4, -0.2) is 29.4 Å². The van der Waals surface area contributed by atoms with Gasteiger partial charge in [-0.15, -0.1) is 0 Å². The zero-order valence-electron chi connectivity index (χ0n) is 36.0. The fraction of sp³-hybridized carbons (Fsp3) is 0.792. The highest BCUT2D eigenvalue weighted by atomic mass is 27.2. The topological polar surface area (TPSA) is 0 Å². The first kappa shape index (κ1) is 45.9. The standard InChI is InChI=1S/3C10H17.C10H16.2C4H9.2Al.H/c4*1-8(2)10-6-4-9(3)5-7-10;2*1-4(2)3;;;/h3*4,8,10H,1,5-7H2,2-3H3;4,10H,1,5-7H2,2-3H3;2*4H,1H2,2-3H3;;;. The molecule has 0 N–H and O–H groups in total. The van der Waals surface area contributed by atoms with Crippen LogP contribution < -0.4 is 0 Å². The third-order valence-corrected chi connectivity index (χ3v) is 20.8. The largest absolute Gasteiger partial charge is 0.262 e. The van der Waals surface area contributed by atoms with Crippen molar-refractivity contribution in [2.45, 2.75) is 187 Å². The average molecular weight is 717 g/mol. The molecule has 0 spiro atoms. The quantitative estimate of drug-likeness (QED) is 0.124. The normalized spacial score (nSPS) is 25.7. The van der Waals surface area contributed by atoms with Crippen LogP contribution in [0.5, 0.6) is 0 Å². The summed E-state index contributed by atoms with van der Waals surface area (Å²) < 4.78 is 0. The Hall–Kier alpha value is -0.235. The monoisotopic (exact) mass is 717 g/mol. The molecule has 4 aliphatic rings. The van der Waals surface area contributed by atoms with Crippen molar-refractivity contribution in [1.82, 2.24) is 0 Å². The van der Waals surface area contributed by atoms with Gasteiger partial charge in [0.15, 0.2) is 0 Å². The predicted molar refractivity (Wildman–Crippen MR) is 233 cm³/mol. The second-order valence-electron chi connectivity index (χ2n) is 19.3. The van der Waals surface area contributed by atoms with Crippen LogP contribution in [0.25, 0.3) is 0 Å². The molecule has 0 amide bonds. The van der Waals surface area contributed by atoms with Gasteiger partial charge in [0, 0.05) is 0 Å². The van der Waals surface area contributed by atoms with E-state index in [0.717, 1.165) is 53.3 Å². The molecule has 0 aromatic carbocycles. The molecule has 0 saturated heterocycles. The van der Waals surface area contributed by atoms with E-state index in [-0.39, 0.29) is 0 Å². The van der Waals surface area contributed by atoms with Gasteiger partial charge in [0.25, 0.3) is 14.1 Å². The van der Waals surface area contributed by atoms with E-state index in [1.165, 1.54) is 93.2 Å². The maximum Gasteiger partial charge on any atom is 0.262 e. The molecular formula is C48H86Al2. The Kier molecular flexibility index (Phi) is 22.9. The van der Waals surface area contributed by atoms with Crippen LogP contribution in [0.3, 0.4) is 0 Å². The average Bonchev–Trinajstić information content (AvgIpc) is 3.06. The van der Waals surface area contributed by atoms with Crippen LogP contribution in [0.2, 0.25) is 26.4 Å². The molecule has 284 valence electrons. The number of allylic oxidation sites excluding steroid dienone is 9. The summed E-state index contributed by atoms with van der Waals surface area (Å²) in [5.41, 5.74) is 7.82. The lowest BCUT2D eigenvalue weighted by Crippen LogP contribution is -2.29. The highest BCUT2D eigenvalue weighted by Gasteiger charge is 2.32. The smallest absolute Gasteiger partial charge is 0.0998 e. The molecule has 0 aromatic rings. The number of hydrogen-bond donors (Lipinski definition) is 0. The fourth-order valence-corrected chi connectivity index (χ4v) is 16.1. The minimum absolute atomic E-state index is 0.316. The summed E-state index contributed by atoms with van der Waals surface area (Å²) in [6.45, 7) is 32.5. The Labute approximate surface area is 326 Å². The summed E-state index contributed by atoms with van der Waals surface area (Å²) in [5.74, 6) is 8.40. The van der Waals surface area contributed by atoms with E-state index < -0.39 is 14.1 Å². The van der Waals surface area contributed by atoms with Crippen molar-refractivity contribution in [1.29, 1.82) is 0 Å². The van der Waals surface area contributed by atoms with Gasteiger partial charge >= 0.3 is 0 Å². The zero-order chi connectivity index (χ0) is 37.2. The molecule has 7 unspecified atom stereocenters. The van der Waals surface area contributed by atoms with E-state index in [4.69, 9.17) is 0 Å². The van der Waals surface area contributed by atoms with Crippen LogP contribution in [-0.2, 0) is 0 Å². The van der Waals surface area contributed by atoms with Crippen molar-refractivity contribution in [2.75, 3.05) is 0 Å². The van der Waals surface area contributed by atoms with Gasteiger partial charge in [-0.05, 0) is 135 Å². The molecule has 0 bridgehead atoms. The second-order valence-corrected chi connectivity index (χ2v) is 24.4. The summed E-state index contributed by atoms with van der Waals surface area (Å²) in [5, 5.41) is 7.90. The molecule has 0 nitrogen and oxygen atoms in total. The summed E-state index contributed by atoms with van der Waals surface area (Å²) in [7, 11) is 0. The molecule has 4 aliphatic carbocycles. The van der Waals surface area contributed by atoms with Crippen molar-refractivity contribution in [3.63, 3.8) is 0 Å². The number of rotatable bonds is 14. The van der Waals surface area contributed by atoms with E-state index in [1.807, 2.05) is 0 Å². The highest BCUT2D eigenvalue weighted by Crippen LogP contribution is 2.39. The first-order chi connectivity index (χ1) is 23.6. The van der Waals surface area contributed by atoms with Crippen molar-refractivity contribution in [2.24, 2.45) is 53.3 Å². The molecule has 0 heterocycles. The van der Waals surface area contributed by atoms with Crippen LogP contribution in [0.4, 0.5) is 0 Å². The van der Waals surface area contributed by atoms with Crippen molar-refractivity contribution in [3.05, 3.63) is 58.7 Å². The van der Waals surface area contributed by atoms with Gasteiger partial charge < -0.3 is 0 Å². The Morgan fingerprint density at radius 2 is 0.900 bits per heavy atom. The van der Waals surface area contributed by atoms with Gasteiger partial charge in [-0.3, -0.25) is 0 Å². The predicted octanol–water partition coefficient (Wildman–Crippen LogP) is 15.5. The lowest BCUT2D eigenvalue weighted by Gasteiger charge is -2.34. The molecule has 0 saturated carbocycles. The summed E-state index contributed by atoms with van der Waals surface area (Å²) in [6, 6.07) is 0. The molecule has 0 aliphatic heterocycles. The van der Waals surface area contributed by atoms with E-state index >= 15 is 0 Å². The zero-order valence-corrected chi connectivity index (χ0v) is 38.6. The highest BCUT2D eigenvalue weighted by molar-refractivity contribution is 6.59. The third kappa shape index (κ3) is 19.2. The summed E-state index contributed by atoms with van der Waals surface area (Å²) in [4.78, 5) is 0. The fourth-order valence-electron chi connectivity index (χ4n) is 9.30. The third-order valence-electron chi connectivity index (χ3n) is 13.5. The first-order valence-electron chi connectivity index (χ1n) is 21.9.